The number of rotatable bonds is 7. The molecule has 4 heterocycles. The molecule has 37 heavy (non-hydrogen) atoms. The molecule has 0 spiro atoms. The number of imidazole rings is 1. The van der Waals surface area contributed by atoms with Gasteiger partial charge >= 0.3 is 0 Å². The lowest BCUT2D eigenvalue weighted by molar-refractivity contribution is 0.122. The van der Waals surface area contributed by atoms with Crippen LogP contribution in [0.25, 0.3) is 16.9 Å². The van der Waals surface area contributed by atoms with Crippen molar-refractivity contribution in [3.63, 3.8) is 0 Å². The highest BCUT2D eigenvalue weighted by Crippen LogP contribution is 2.33. The minimum Gasteiger partial charge on any atom is -0.494 e. The number of benzene rings is 1. The summed E-state index contributed by atoms with van der Waals surface area (Å²) in [4.78, 5) is 17.4. The molecule has 11 nitrogen and oxygen atoms in total. The molecule has 2 aliphatic heterocycles. The molecule has 5 rings (SSSR count). The van der Waals surface area contributed by atoms with E-state index >= 15 is 0 Å². The van der Waals surface area contributed by atoms with E-state index < -0.39 is 27.5 Å². The highest BCUT2D eigenvalue weighted by atomic mass is 35.5. The van der Waals surface area contributed by atoms with Crippen molar-refractivity contribution in [3.05, 3.63) is 30.1 Å². The minimum atomic E-state index is -3.54. The highest BCUT2D eigenvalue weighted by Gasteiger charge is 2.29. The van der Waals surface area contributed by atoms with Gasteiger partial charge in [-0.2, -0.15) is 14.3 Å². The third-order valence-electron chi connectivity index (χ3n) is 6.39. The van der Waals surface area contributed by atoms with Gasteiger partial charge in [0.05, 0.1) is 25.8 Å². The van der Waals surface area contributed by atoms with Gasteiger partial charge in [-0.05, 0) is 12.1 Å². The van der Waals surface area contributed by atoms with E-state index in [0.29, 0.717) is 67.9 Å². The van der Waals surface area contributed by atoms with Crippen molar-refractivity contribution in [3.8, 4) is 11.6 Å². The maximum absolute atomic E-state index is 14.2. The number of nitrogens with zero attached hydrogens (tertiary/aromatic N) is 7. The minimum absolute atomic E-state index is 0.211. The number of ether oxygens (including phenoxy) is 2. The molecule has 15 heteroatoms. The second kappa shape index (κ2) is 10.5. The zero-order valence-electron chi connectivity index (χ0n) is 20.1. The molecule has 0 radical (unpaired) electrons. The predicted molar refractivity (Wildman–Crippen MR) is 135 cm³/mol. The second-order valence-electron chi connectivity index (χ2n) is 8.52. The zero-order valence-corrected chi connectivity index (χ0v) is 21.6. The van der Waals surface area contributed by atoms with Crippen LogP contribution in [-0.2, 0) is 14.8 Å². The Morgan fingerprint density at radius 3 is 2.38 bits per heavy atom. The number of morpholine rings is 1. The fraction of sp³-hybridized carbons (Fsp3) is 0.500. The van der Waals surface area contributed by atoms with Gasteiger partial charge in [-0.25, -0.2) is 22.2 Å². The van der Waals surface area contributed by atoms with Gasteiger partial charge in [0.1, 0.15) is 28.1 Å². The number of anilines is 2. The largest absolute Gasteiger partial charge is 0.494 e. The SMILES string of the molecule is COc1cccc2c1nc(C(F)F)n2-c1cc(N2CCOCC2)nc(N2CCN(S(=O)(=O)CCl)CC2)n1. The number of fused-ring (bicyclic) bond motifs is 1. The number of alkyl halides is 3. The van der Waals surface area contributed by atoms with Crippen molar-refractivity contribution >= 4 is 44.4 Å². The number of aromatic nitrogens is 4. The molecule has 0 atom stereocenters. The Labute approximate surface area is 217 Å². The van der Waals surface area contributed by atoms with Gasteiger partial charge < -0.3 is 19.3 Å². The van der Waals surface area contributed by atoms with Crippen molar-refractivity contribution in [2.45, 2.75) is 6.43 Å². The lowest BCUT2D eigenvalue weighted by atomic mass is 10.3. The topological polar surface area (TPSA) is 106 Å². The van der Waals surface area contributed by atoms with Crippen LogP contribution < -0.4 is 14.5 Å². The van der Waals surface area contributed by atoms with Crippen LogP contribution in [0.3, 0.4) is 0 Å². The molecule has 1 aromatic carbocycles. The van der Waals surface area contributed by atoms with Crippen LogP contribution in [0.2, 0.25) is 0 Å². The van der Waals surface area contributed by atoms with Crippen LogP contribution >= 0.6 is 11.6 Å². The second-order valence-corrected chi connectivity index (χ2v) is 11.1. The van der Waals surface area contributed by atoms with E-state index in [-0.39, 0.29) is 18.9 Å². The van der Waals surface area contributed by atoms with Crippen molar-refractivity contribution in [1.82, 2.24) is 23.8 Å². The normalized spacial score (nSPS) is 17.6. The van der Waals surface area contributed by atoms with Crippen LogP contribution in [0.1, 0.15) is 12.2 Å². The first-order valence-corrected chi connectivity index (χ1v) is 13.8. The zero-order chi connectivity index (χ0) is 26.2. The predicted octanol–water partition coefficient (Wildman–Crippen LogP) is 2.25. The third kappa shape index (κ3) is 5.02. The van der Waals surface area contributed by atoms with Gasteiger partial charge in [0.25, 0.3) is 6.43 Å². The number of methoxy groups -OCH3 is 1. The Bertz CT molecular complexity index is 1380. The van der Waals surface area contributed by atoms with Crippen LogP contribution in [-0.4, -0.2) is 97.0 Å². The summed E-state index contributed by atoms with van der Waals surface area (Å²) in [6.45, 7) is 3.25. The van der Waals surface area contributed by atoms with Gasteiger partial charge in [0.2, 0.25) is 16.0 Å². The van der Waals surface area contributed by atoms with E-state index in [1.165, 1.54) is 16.0 Å². The molecule has 0 N–H and O–H groups in total. The highest BCUT2D eigenvalue weighted by molar-refractivity contribution is 7.90. The average Bonchev–Trinajstić information content (AvgIpc) is 3.34. The average molecular weight is 558 g/mol. The number of hydrogen-bond donors (Lipinski definition) is 0. The fourth-order valence-electron chi connectivity index (χ4n) is 4.50. The molecule has 2 aliphatic rings. The molecule has 0 bridgehead atoms. The van der Waals surface area contributed by atoms with E-state index in [4.69, 9.17) is 26.1 Å². The molecule has 0 amide bonds. The van der Waals surface area contributed by atoms with Crippen LogP contribution in [0.5, 0.6) is 5.75 Å². The molecule has 0 saturated carbocycles. The number of halogens is 3. The number of hydrogen-bond acceptors (Lipinski definition) is 9. The standard InChI is InChI=1S/C22H26ClF2N7O4S/c1-35-16-4-2-3-15-19(16)28-21(20(24)25)32(15)18-13-17(29-9-11-36-12-10-29)26-22(27-18)30-5-7-31(8-6-30)37(33,34)14-23/h2-4,13,20H,5-12,14H2,1H3. The van der Waals surface area contributed by atoms with Crippen LogP contribution in [0.15, 0.2) is 24.3 Å². The summed E-state index contributed by atoms with van der Waals surface area (Å²) in [5, 5.41) is -0.492. The Hall–Kier alpha value is -2.81. The maximum Gasteiger partial charge on any atom is 0.296 e. The van der Waals surface area contributed by atoms with E-state index in [9.17, 15) is 17.2 Å². The molecule has 0 aliphatic carbocycles. The molecular weight excluding hydrogens is 532 g/mol. The summed E-state index contributed by atoms with van der Waals surface area (Å²) < 4.78 is 66.2. The molecule has 2 saturated heterocycles. The summed E-state index contributed by atoms with van der Waals surface area (Å²) in [7, 11) is -2.08. The van der Waals surface area contributed by atoms with Crippen molar-refractivity contribution in [2.24, 2.45) is 0 Å². The summed E-state index contributed by atoms with van der Waals surface area (Å²) in [6.07, 6.45) is -2.87. The number of para-hydroxylation sites is 1. The molecule has 3 aromatic rings. The first-order chi connectivity index (χ1) is 17.8. The molecule has 200 valence electrons. The van der Waals surface area contributed by atoms with E-state index in [0.717, 1.165) is 0 Å². The molecule has 2 fully saturated rings. The summed E-state index contributed by atoms with van der Waals surface area (Å²) >= 11 is 5.61. The van der Waals surface area contributed by atoms with E-state index in [1.54, 1.807) is 24.3 Å². The summed E-state index contributed by atoms with van der Waals surface area (Å²) in [6, 6.07) is 6.71. The van der Waals surface area contributed by atoms with Crippen LogP contribution in [0.4, 0.5) is 20.5 Å². The van der Waals surface area contributed by atoms with Gasteiger partial charge in [-0.3, -0.25) is 4.57 Å². The maximum atomic E-state index is 14.2. The number of sulfonamides is 1. The third-order valence-corrected chi connectivity index (χ3v) is 8.65. The van der Waals surface area contributed by atoms with Gasteiger partial charge in [-0.1, -0.05) is 6.07 Å². The van der Waals surface area contributed by atoms with Gasteiger partial charge in [0.15, 0.2) is 5.82 Å². The van der Waals surface area contributed by atoms with E-state index in [1.807, 2.05) is 9.80 Å². The summed E-state index contributed by atoms with van der Waals surface area (Å²) in [5.74, 6) is 1.01. The first kappa shape index (κ1) is 25.8. The molecule has 2 aromatic heterocycles. The molecule has 0 unspecified atom stereocenters. The van der Waals surface area contributed by atoms with Crippen molar-refractivity contribution < 1.29 is 26.7 Å². The number of piperazine rings is 1. The Kier molecular flexibility index (Phi) is 7.34. The molecular formula is C22H26ClF2N7O4S. The summed E-state index contributed by atoms with van der Waals surface area (Å²) in [5.41, 5.74) is 0.721. The Morgan fingerprint density at radius 2 is 1.73 bits per heavy atom. The van der Waals surface area contributed by atoms with Crippen molar-refractivity contribution in [1.29, 1.82) is 0 Å². The smallest absolute Gasteiger partial charge is 0.296 e. The van der Waals surface area contributed by atoms with Crippen molar-refractivity contribution in [2.75, 3.05) is 74.6 Å². The quantitative estimate of drug-likeness (QED) is 0.404. The van der Waals surface area contributed by atoms with Gasteiger partial charge in [0, 0.05) is 45.3 Å². The van der Waals surface area contributed by atoms with Crippen LogP contribution in [0, 0.1) is 0 Å². The monoisotopic (exact) mass is 557 g/mol. The Morgan fingerprint density at radius 1 is 1.03 bits per heavy atom. The lowest BCUT2D eigenvalue weighted by Crippen LogP contribution is -2.49. The Balaban J connectivity index is 1.61. The van der Waals surface area contributed by atoms with Gasteiger partial charge in [-0.15, -0.1) is 11.6 Å². The fourth-order valence-corrected chi connectivity index (χ4v) is 5.77. The van der Waals surface area contributed by atoms with E-state index in [2.05, 4.69) is 9.97 Å². The lowest BCUT2D eigenvalue weighted by Gasteiger charge is -2.34. The first-order valence-electron chi connectivity index (χ1n) is 11.7.